The largest absolute Gasteiger partial charge is 0.396 e. The number of nitrogens with zero attached hydrogens (tertiary/aromatic N) is 2. The number of hydrogen-bond donors (Lipinski definition) is 1. The molecule has 0 saturated carbocycles. The Balaban J connectivity index is 2.45. The maximum absolute atomic E-state index is 13.9. The van der Waals surface area contributed by atoms with E-state index in [2.05, 4.69) is 0 Å². The van der Waals surface area contributed by atoms with E-state index < -0.39 is 26.6 Å². The van der Waals surface area contributed by atoms with Crippen LogP contribution in [0.2, 0.25) is 0 Å². The summed E-state index contributed by atoms with van der Waals surface area (Å²) in [5.74, 6) is -2.93. The molecule has 0 radical (unpaired) electrons. The fraction of sp³-hybridized carbons (Fsp3) is 0.462. The van der Waals surface area contributed by atoms with Gasteiger partial charge >= 0.3 is 0 Å². The van der Waals surface area contributed by atoms with E-state index >= 15 is 0 Å². The Hall–Kier alpha value is -1.56. The minimum Gasteiger partial charge on any atom is -0.396 e. The van der Waals surface area contributed by atoms with E-state index in [9.17, 15) is 17.2 Å². The summed E-state index contributed by atoms with van der Waals surface area (Å²) in [7, 11) is -4.34. The van der Waals surface area contributed by atoms with Gasteiger partial charge in [-0.25, -0.2) is 17.2 Å². The number of aliphatic hydroxyl groups is 1. The fourth-order valence-corrected chi connectivity index (χ4v) is 4.11. The van der Waals surface area contributed by atoms with Gasteiger partial charge in [-0.15, -0.1) is 0 Å². The predicted molar refractivity (Wildman–Crippen MR) is 69.6 cm³/mol. The lowest BCUT2D eigenvalue weighted by atomic mass is 10.00. The molecule has 1 saturated heterocycles. The molecule has 0 aromatic heterocycles. The average Bonchev–Trinajstić information content (AvgIpc) is 2.79. The number of halogens is 2. The maximum Gasteiger partial charge on any atom is 0.248 e. The Labute approximate surface area is 121 Å². The minimum absolute atomic E-state index is 0.0128. The van der Waals surface area contributed by atoms with Crippen molar-refractivity contribution >= 4 is 10.0 Å². The first kappa shape index (κ1) is 15.8. The zero-order chi connectivity index (χ0) is 15.8. The summed E-state index contributed by atoms with van der Waals surface area (Å²) in [6, 6.07) is 2.95. The van der Waals surface area contributed by atoms with Gasteiger partial charge in [0.15, 0.2) is 4.90 Å². The third-order valence-electron chi connectivity index (χ3n) is 3.69. The van der Waals surface area contributed by atoms with Crippen molar-refractivity contribution in [3.05, 3.63) is 29.3 Å². The van der Waals surface area contributed by atoms with Crippen molar-refractivity contribution in [3.8, 4) is 6.07 Å². The van der Waals surface area contributed by atoms with Gasteiger partial charge in [-0.3, -0.25) is 0 Å². The van der Waals surface area contributed by atoms with Gasteiger partial charge in [-0.1, -0.05) is 6.92 Å². The highest BCUT2D eigenvalue weighted by Crippen LogP contribution is 2.30. The zero-order valence-corrected chi connectivity index (χ0v) is 12.1. The number of hydrogen-bond acceptors (Lipinski definition) is 4. The second kappa shape index (κ2) is 5.67. The SMILES string of the molecule is C[C@@H]1CN(S(=O)(=O)c2c(F)cc(C#N)cc2F)C[C@H]1CO. The summed E-state index contributed by atoms with van der Waals surface area (Å²) >= 11 is 0. The normalized spacial score (nSPS) is 23.2. The van der Waals surface area contributed by atoms with E-state index in [4.69, 9.17) is 10.4 Å². The number of aliphatic hydroxyl groups excluding tert-OH is 1. The highest BCUT2D eigenvalue weighted by Gasteiger charge is 2.39. The molecule has 8 heteroatoms. The van der Waals surface area contributed by atoms with Crippen molar-refractivity contribution in [3.63, 3.8) is 0 Å². The van der Waals surface area contributed by atoms with Crippen molar-refractivity contribution in [2.24, 2.45) is 11.8 Å². The van der Waals surface area contributed by atoms with Gasteiger partial charge in [0, 0.05) is 19.7 Å². The van der Waals surface area contributed by atoms with Gasteiger partial charge < -0.3 is 5.11 Å². The third kappa shape index (κ3) is 2.77. The molecular weight excluding hydrogens is 302 g/mol. The maximum atomic E-state index is 13.9. The van der Waals surface area contributed by atoms with Crippen molar-refractivity contribution in [2.45, 2.75) is 11.8 Å². The van der Waals surface area contributed by atoms with Crippen LogP contribution < -0.4 is 0 Å². The summed E-state index contributed by atoms with van der Waals surface area (Å²) in [5.41, 5.74) is -0.285. The molecule has 2 rings (SSSR count). The molecule has 1 aromatic rings. The second-order valence-corrected chi connectivity index (χ2v) is 7.00. The third-order valence-corrected chi connectivity index (χ3v) is 5.58. The molecule has 1 heterocycles. The van der Waals surface area contributed by atoms with E-state index in [1.54, 1.807) is 13.0 Å². The van der Waals surface area contributed by atoms with Gasteiger partial charge in [-0.2, -0.15) is 9.57 Å². The zero-order valence-electron chi connectivity index (χ0n) is 11.3. The van der Waals surface area contributed by atoms with Gasteiger partial charge in [0.1, 0.15) is 11.6 Å². The molecule has 0 spiro atoms. The summed E-state index contributed by atoms with van der Waals surface area (Å²) in [5, 5.41) is 17.8. The topological polar surface area (TPSA) is 81.4 Å². The van der Waals surface area contributed by atoms with Crippen LogP contribution in [0.3, 0.4) is 0 Å². The van der Waals surface area contributed by atoms with Crippen LogP contribution in [0.5, 0.6) is 0 Å². The molecule has 0 aliphatic carbocycles. The van der Waals surface area contributed by atoms with E-state index in [0.717, 1.165) is 4.31 Å². The lowest BCUT2D eigenvalue weighted by molar-refractivity contribution is 0.210. The van der Waals surface area contributed by atoms with Crippen LogP contribution in [-0.4, -0.2) is 37.5 Å². The minimum atomic E-state index is -4.34. The highest BCUT2D eigenvalue weighted by atomic mass is 32.2. The Kier molecular flexibility index (Phi) is 4.27. The van der Waals surface area contributed by atoms with Crippen molar-refractivity contribution in [1.82, 2.24) is 4.31 Å². The molecule has 2 atom stereocenters. The van der Waals surface area contributed by atoms with Gasteiger partial charge in [0.2, 0.25) is 10.0 Å². The van der Waals surface area contributed by atoms with Crippen LogP contribution >= 0.6 is 0 Å². The monoisotopic (exact) mass is 316 g/mol. The first-order valence-electron chi connectivity index (χ1n) is 6.31. The fourth-order valence-electron chi connectivity index (χ4n) is 2.42. The van der Waals surface area contributed by atoms with Crippen LogP contribution in [0.15, 0.2) is 17.0 Å². The smallest absolute Gasteiger partial charge is 0.248 e. The Morgan fingerprint density at radius 1 is 1.38 bits per heavy atom. The number of sulfonamides is 1. The Morgan fingerprint density at radius 3 is 2.38 bits per heavy atom. The van der Waals surface area contributed by atoms with Crippen LogP contribution in [0.25, 0.3) is 0 Å². The Morgan fingerprint density at radius 2 is 1.95 bits per heavy atom. The standard InChI is InChI=1S/C13H14F2N2O3S/c1-8-5-17(6-10(8)7-18)21(19,20)13-11(14)2-9(4-16)3-12(13)15/h2-3,8,10,18H,5-7H2,1H3/t8-,10+/m1/s1. The molecule has 1 fully saturated rings. The van der Waals surface area contributed by atoms with Gasteiger partial charge in [-0.05, 0) is 24.0 Å². The molecule has 1 aliphatic rings. The average molecular weight is 316 g/mol. The quantitative estimate of drug-likeness (QED) is 0.905. The van der Waals surface area contributed by atoms with E-state index in [0.29, 0.717) is 12.1 Å². The molecule has 0 bridgehead atoms. The van der Waals surface area contributed by atoms with E-state index in [1.807, 2.05) is 0 Å². The molecule has 0 unspecified atom stereocenters. The highest BCUT2D eigenvalue weighted by molar-refractivity contribution is 7.89. The van der Waals surface area contributed by atoms with Crippen LogP contribution in [-0.2, 0) is 10.0 Å². The van der Waals surface area contributed by atoms with Gasteiger partial charge in [0.05, 0.1) is 11.6 Å². The molecule has 0 amide bonds. The number of benzene rings is 1. The molecule has 21 heavy (non-hydrogen) atoms. The first-order chi connectivity index (χ1) is 9.81. The molecule has 1 aromatic carbocycles. The van der Waals surface area contributed by atoms with Crippen LogP contribution in [0.1, 0.15) is 12.5 Å². The van der Waals surface area contributed by atoms with Crippen LogP contribution in [0.4, 0.5) is 8.78 Å². The Bertz CT molecular complexity index is 677. The summed E-state index contributed by atoms with van der Waals surface area (Å²) in [6.45, 7) is 1.68. The van der Waals surface area contributed by atoms with Crippen molar-refractivity contribution in [2.75, 3.05) is 19.7 Å². The van der Waals surface area contributed by atoms with Crippen molar-refractivity contribution in [1.29, 1.82) is 5.26 Å². The molecular formula is C13H14F2N2O3S. The summed E-state index contributed by atoms with van der Waals surface area (Å²) < 4.78 is 53.4. The second-order valence-electron chi connectivity index (χ2n) is 5.12. The first-order valence-corrected chi connectivity index (χ1v) is 7.75. The predicted octanol–water partition coefficient (Wildman–Crippen LogP) is 1.09. The van der Waals surface area contributed by atoms with Gasteiger partial charge in [0.25, 0.3) is 0 Å². The van der Waals surface area contributed by atoms with E-state index in [-0.39, 0.29) is 37.1 Å². The summed E-state index contributed by atoms with van der Waals surface area (Å²) in [6.07, 6.45) is 0. The molecule has 1 aliphatic heterocycles. The van der Waals surface area contributed by atoms with Crippen LogP contribution in [0, 0.1) is 34.8 Å². The molecule has 1 N–H and O–H groups in total. The lowest BCUT2D eigenvalue weighted by Crippen LogP contribution is -2.31. The van der Waals surface area contributed by atoms with Crippen molar-refractivity contribution < 1.29 is 22.3 Å². The number of rotatable bonds is 3. The summed E-state index contributed by atoms with van der Waals surface area (Å²) in [4.78, 5) is -1.05. The molecule has 5 nitrogen and oxygen atoms in total. The molecule has 114 valence electrons. The lowest BCUT2D eigenvalue weighted by Gasteiger charge is -2.17. The van der Waals surface area contributed by atoms with E-state index in [1.165, 1.54) is 0 Å². The number of nitriles is 1.